The van der Waals surface area contributed by atoms with Crippen molar-refractivity contribution in [3.05, 3.63) is 63.1 Å². The molecule has 2 amide bonds. The van der Waals surface area contributed by atoms with E-state index in [1.807, 2.05) is 39.8 Å². The van der Waals surface area contributed by atoms with Crippen LogP contribution in [0.2, 0.25) is 10.0 Å². The van der Waals surface area contributed by atoms with Gasteiger partial charge in [-0.05, 0) is 68.0 Å². The quantitative estimate of drug-likeness (QED) is 0.373. The molecule has 0 saturated carbocycles. The summed E-state index contributed by atoms with van der Waals surface area (Å²) in [5.41, 5.74) is 3.19. The van der Waals surface area contributed by atoms with E-state index < -0.39 is 16.1 Å². The summed E-state index contributed by atoms with van der Waals surface area (Å²) in [4.78, 5) is 27.7. The maximum atomic E-state index is 13.4. The van der Waals surface area contributed by atoms with Gasteiger partial charge in [0.1, 0.15) is 6.04 Å². The van der Waals surface area contributed by atoms with Gasteiger partial charge in [0.2, 0.25) is 21.8 Å². The predicted octanol–water partition coefficient (Wildman–Crippen LogP) is 5.35. The van der Waals surface area contributed by atoms with E-state index in [0.717, 1.165) is 22.9 Å². The highest BCUT2D eigenvalue weighted by Gasteiger charge is 2.27. The summed E-state index contributed by atoms with van der Waals surface area (Å²) in [6.07, 6.45) is 1.52. The average Bonchev–Trinajstić information content (AvgIpc) is 2.81. The van der Waals surface area contributed by atoms with Gasteiger partial charge in [-0.2, -0.15) is 0 Å². The van der Waals surface area contributed by atoms with Gasteiger partial charge in [-0.3, -0.25) is 13.9 Å². The molecule has 7 nitrogen and oxygen atoms in total. The first-order chi connectivity index (χ1) is 17.2. The van der Waals surface area contributed by atoms with Gasteiger partial charge in [0.25, 0.3) is 0 Å². The Kier molecular flexibility index (Phi) is 11.3. The van der Waals surface area contributed by atoms with Gasteiger partial charge in [-0.25, -0.2) is 8.42 Å². The monoisotopic (exact) mass is 569 g/mol. The molecule has 1 N–H and O–H groups in total. The van der Waals surface area contributed by atoms with Gasteiger partial charge >= 0.3 is 0 Å². The van der Waals surface area contributed by atoms with Crippen molar-refractivity contribution < 1.29 is 18.0 Å². The Bertz CT molecular complexity index is 1220. The minimum absolute atomic E-state index is 0.0695. The number of hydrogen-bond donors (Lipinski definition) is 1. The second kappa shape index (κ2) is 13.5. The number of benzene rings is 2. The Morgan fingerprint density at radius 3 is 2.30 bits per heavy atom. The maximum Gasteiger partial charge on any atom is 0.242 e. The number of carbonyl (C=O) groups is 2. The molecule has 2 aromatic rings. The average molecular weight is 571 g/mol. The zero-order valence-corrected chi connectivity index (χ0v) is 24.7. The van der Waals surface area contributed by atoms with Crippen molar-refractivity contribution in [1.29, 1.82) is 0 Å². The van der Waals surface area contributed by atoms with Crippen LogP contribution in [0, 0.1) is 19.8 Å². The molecular formula is C27H37Cl2N3O4S. The number of carbonyl (C=O) groups excluding carboxylic acids is 2. The van der Waals surface area contributed by atoms with Gasteiger partial charge in [0.05, 0.1) is 22.0 Å². The first kappa shape index (κ1) is 30.9. The highest BCUT2D eigenvalue weighted by atomic mass is 35.5. The van der Waals surface area contributed by atoms with Crippen molar-refractivity contribution in [3.8, 4) is 0 Å². The summed E-state index contributed by atoms with van der Waals surface area (Å²) in [6.45, 7) is 10.3. The summed E-state index contributed by atoms with van der Waals surface area (Å²) in [5, 5.41) is 3.65. The van der Waals surface area contributed by atoms with Gasteiger partial charge in [-0.1, -0.05) is 55.2 Å². The van der Waals surface area contributed by atoms with Crippen LogP contribution in [0.1, 0.15) is 50.3 Å². The normalized spacial score (nSPS) is 12.4. The Labute approximate surface area is 231 Å². The van der Waals surface area contributed by atoms with Crippen molar-refractivity contribution in [2.45, 2.75) is 60.0 Å². The largest absolute Gasteiger partial charge is 0.354 e. The highest BCUT2D eigenvalue weighted by Crippen LogP contribution is 2.26. The molecular weight excluding hydrogens is 533 g/mol. The van der Waals surface area contributed by atoms with Crippen LogP contribution in [0.3, 0.4) is 0 Å². The number of amides is 2. The molecule has 204 valence electrons. The molecule has 0 aliphatic heterocycles. The molecule has 2 aromatic carbocycles. The summed E-state index contributed by atoms with van der Waals surface area (Å²) < 4.78 is 26.5. The molecule has 10 heteroatoms. The van der Waals surface area contributed by atoms with Crippen molar-refractivity contribution in [1.82, 2.24) is 10.2 Å². The smallest absolute Gasteiger partial charge is 0.242 e. The number of nitrogens with one attached hydrogen (secondary N) is 1. The van der Waals surface area contributed by atoms with Crippen LogP contribution < -0.4 is 9.62 Å². The third-order valence-electron chi connectivity index (χ3n) is 6.19. The fraction of sp³-hybridized carbons (Fsp3) is 0.481. The van der Waals surface area contributed by atoms with E-state index in [4.69, 9.17) is 23.2 Å². The van der Waals surface area contributed by atoms with Crippen molar-refractivity contribution in [2.24, 2.45) is 5.92 Å². The zero-order valence-electron chi connectivity index (χ0n) is 22.3. The lowest BCUT2D eigenvalue weighted by atomic mass is 10.1. The molecule has 0 radical (unpaired) electrons. The van der Waals surface area contributed by atoms with E-state index in [0.29, 0.717) is 22.3 Å². The van der Waals surface area contributed by atoms with Gasteiger partial charge < -0.3 is 10.2 Å². The van der Waals surface area contributed by atoms with Crippen LogP contribution in [0.4, 0.5) is 5.69 Å². The number of anilines is 1. The summed E-state index contributed by atoms with van der Waals surface area (Å²) >= 11 is 12.2. The highest BCUT2D eigenvalue weighted by molar-refractivity contribution is 7.92. The summed E-state index contributed by atoms with van der Waals surface area (Å²) in [7, 11) is -3.56. The molecule has 0 saturated heterocycles. The minimum atomic E-state index is -3.56. The number of rotatable bonds is 12. The molecule has 2 rings (SSSR count). The molecule has 1 atom stereocenters. The van der Waals surface area contributed by atoms with Gasteiger partial charge in [0.15, 0.2) is 0 Å². The molecule has 0 spiro atoms. The van der Waals surface area contributed by atoms with Crippen LogP contribution in [0.15, 0.2) is 36.4 Å². The molecule has 0 heterocycles. The Morgan fingerprint density at radius 1 is 1.03 bits per heavy atom. The second-order valence-electron chi connectivity index (χ2n) is 9.74. The van der Waals surface area contributed by atoms with Crippen LogP contribution in [0.5, 0.6) is 0 Å². The van der Waals surface area contributed by atoms with Crippen LogP contribution >= 0.6 is 23.2 Å². The van der Waals surface area contributed by atoms with Crippen molar-refractivity contribution in [2.75, 3.05) is 23.7 Å². The van der Waals surface area contributed by atoms with Crippen LogP contribution in [-0.4, -0.2) is 50.5 Å². The fourth-order valence-corrected chi connectivity index (χ4v) is 5.19. The lowest BCUT2D eigenvalue weighted by Crippen LogP contribution is -2.48. The van der Waals surface area contributed by atoms with Gasteiger partial charge in [-0.15, -0.1) is 0 Å². The van der Waals surface area contributed by atoms with Crippen LogP contribution in [-0.2, 0) is 26.2 Å². The molecule has 1 unspecified atom stereocenters. The second-order valence-corrected chi connectivity index (χ2v) is 12.5. The number of sulfonamides is 1. The predicted molar refractivity (Wildman–Crippen MR) is 152 cm³/mol. The summed E-state index contributed by atoms with van der Waals surface area (Å²) in [5.74, 6) is -0.245. The van der Waals surface area contributed by atoms with Crippen LogP contribution in [0.25, 0.3) is 0 Å². The number of hydrogen-bond acceptors (Lipinski definition) is 4. The Balaban J connectivity index is 2.22. The van der Waals surface area contributed by atoms with E-state index in [1.165, 1.54) is 9.21 Å². The van der Waals surface area contributed by atoms with E-state index in [1.54, 1.807) is 31.2 Å². The molecule has 0 aromatic heterocycles. The molecule has 0 aliphatic carbocycles. The number of nitrogens with zero attached hydrogens (tertiary/aromatic N) is 2. The Hall–Kier alpha value is -2.29. The zero-order chi connectivity index (χ0) is 27.9. The number of halogens is 2. The molecule has 0 aliphatic rings. The first-order valence-corrected chi connectivity index (χ1v) is 14.9. The lowest BCUT2D eigenvalue weighted by molar-refractivity contribution is -0.140. The van der Waals surface area contributed by atoms with E-state index >= 15 is 0 Å². The minimum Gasteiger partial charge on any atom is -0.354 e. The molecule has 0 bridgehead atoms. The fourth-order valence-electron chi connectivity index (χ4n) is 3.86. The van der Waals surface area contributed by atoms with E-state index in [2.05, 4.69) is 5.32 Å². The standard InChI is InChI=1S/C27H37Cl2N3O4S/c1-18(2)16-30-27(34)21(5)31(17-22-12-13-23(28)24(29)15-22)26(33)11-8-14-32(37(6,35)36)25-10-7-9-19(3)20(25)4/h7,9-10,12-13,15,18,21H,8,11,14,16-17H2,1-6H3,(H,30,34). The maximum absolute atomic E-state index is 13.4. The topological polar surface area (TPSA) is 86.8 Å². The summed E-state index contributed by atoms with van der Waals surface area (Å²) in [6, 6.07) is 9.87. The lowest BCUT2D eigenvalue weighted by Gasteiger charge is -2.30. The molecule has 37 heavy (non-hydrogen) atoms. The first-order valence-electron chi connectivity index (χ1n) is 12.3. The Morgan fingerprint density at radius 2 is 1.70 bits per heavy atom. The third kappa shape index (κ3) is 8.90. The van der Waals surface area contributed by atoms with E-state index in [-0.39, 0.29) is 43.7 Å². The molecule has 0 fully saturated rings. The van der Waals surface area contributed by atoms with Gasteiger partial charge in [0, 0.05) is 26.1 Å². The van der Waals surface area contributed by atoms with Crippen molar-refractivity contribution in [3.63, 3.8) is 0 Å². The number of aryl methyl sites for hydroxylation is 1. The van der Waals surface area contributed by atoms with E-state index in [9.17, 15) is 18.0 Å². The van der Waals surface area contributed by atoms with Crippen molar-refractivity contribution >= 4 is 50.7 Å². The SMILES string of the molecule is Cc1cccc(N(CCCC(=O)N(Cc2ccc(Cl)c(Cl)c2)C(C)C(=O)NCC(C)C)S(C)(=O)=O)c1C. The third-order valence-corrected chi connectivity index (χ3v) is 8.10.